The molecule has 0 saturated carbocycles. The van der Waals surface area contributed by atoms with E-state index in [1.54, 1.807) is 12.1 Å². The van der Waals surface area contributed by atoms with E-state index in [1.165, 1.54) is 65.4 Å². The van der Waals surface area contributed by atoms with Gasteiger partial charge < -0.3 is 5.32 Å². The van der Waals surface area contributed by atoms with Crippen LogP contribution in [0.15, 0.2) is 45.3 Å². The van der Waals surface area contributed by atoms with Gasteiger partial charge in [0.25, 0.3) is 0 Å². The van der Waals surface area contributed by atoms with Crippen LogP contribution in [-0.4, -0.2) is 19.4 Å². The summed E-state index contributed by atoms with van der Waals surface area (Å²) in [5.41, 5.74) is 7.16. The number of nitrogens with one attached hydrogen (secondary N) is 2. The Kier molecular flexibility index (Phi) is 4.70. The van der Waals surface area contributed by atoms with Gasteiger partial charge in [0, 0.05) is 10.6 Å². The van der Waals surface area contributed by atoms with Gasteiger partial charge in [-0.25, -0.2) is 14.4 Å². The Bertz CT molecular complexity index is 1030. The first-order chi connectivity index (χ1) is 13.7. The minimum Gasteiger partial charge on any atom is -0.324 e. The van der Waals surface area contributed by atoms with Crippen LogP contribution >= 0.6 is 11.8 Å². The van der Waals surface area contributed by atoms with E-state index in [4.69, 9.17) is 5.14 Å². The van der Waals surface area contributed by atoms with Crippen LogP contribution < -0.4 is 10.5 Å². The molecular weight excluding hydrogens is 390 g/mol. The van der Waals surface area contributed by atoms with Gasteiger partial charge in [-0.2, -0.15) is 4.98 Å². The van der Waals surface area contributed by atoms with Gasteiger partial charge in [0.1, 0.15) is 11.0 Å². The molecule has 0 aliphatic heterocycles. The van der Waals surface area contributed by atoms with Crippen LogP contribution in [0.1, 0.15) is 35.1 Å². The third-order valence-corrected chi connectivity index (χ3v) is 7.06. The Morgan fingerprint density at radius 1 is 1.04 bits per heavy atom. The molecule has 6 nitrogen and oxygen atoms in total. The topological polar surface area (TPSA) is 96.7 Å². The largest absolute Gasteiger partial charge is 0.324 e. The second-order valence-electron chi connectivity index (χ2n) is 7.20. The molecule has 0 bridgehead atoms. The highest BCUT2D eigenvalue weighted by Gasteiger charge is 2.24. The Morgan fingerprint density at radius 2 is 1.71 bits per heavy atom. The van der Waals surface area contributed by atoms with Crippen molar-refractivity contribution in [2.75, 3.05) is 5.32 Å². The van der Waals surface area contributed by atoms with Crippen molar-refractivity contribution in [3.05, 3.63) is 52.6 Å². The first kappa shape index (κ1) is 17.9. The van der Waals surface area contributed by atoms with E-state index < -0.39 is 11.0 Å². The van der Waals surface area contributed by atoms with Gasteiger partial charge in [-0.15, -0.1) is 5.10 Å². The molecule has 1 heterocycles. The fourth-order valence-corrected chi connectivity index (χ4v) is 5.30. The summed E-state index contributed by atoms with van der Waals surface area (Å²) in [6.07, 6.45) is 7.09. The Labute approximate surface area is 170 Å². The lowest BCUT2D eigenvalue weighted by molar-refractivity contribution is 0.684. The molecule has 1 atom stereocenters. The van der Waals surface area contributed by atoms with Gasteiger partial charge in [-0.05, 0) is 96.8 Å². The molecule has 2 aliphatic rings. The quantitative estimate of drug-likeness (QED) is 0.595. The van der Waals surface area contributed by atoms with Crippen molar-refractivity contribution in [1.29, 1.82) is 0 Å². The van der Waals surface area contributed by atoms with Gasteiger partial charge in [-0.1, -0.05) is 6.07 Å². The standard InChI is InChI=1S/C20H21N5OS2/c21-28(26)15-9-7-14(8-10-15)27-20-23-19(24-25-20)22-18-16-5-1-3-12(16)11-13-4-2-6-17(13)18/h7-11H,1-6,21H2,(H2,22,23,24,25). The lowest BCUT2D eigenvalue weighted by Gasteiger charge is -2.15. The van der Waals surface area contributed by atoms with Crippen LogP contribution in [0.4, 0.5) is 11.6 Å². The number of H-pyrrole nitrogens is 1. The zero-order chi connectivity index (χ0) is 19.1. The van der Waals surface area contributed by atoms with Gasteiger partial charge in [0.15, 0.2) is 0 Å². The van der Waals surface area contributed by atoms with Crippen molar-refractivity contribution in [2.24, 2.45) is 5.14 Å². The molecule has 0 radical (unpaired) electrons. The summed E-state index contributed by atoms with van der Waals surface area (Å²) < 4.78 is 11.3. The zero-order valence-corrected chi connectivity index (χ0v) is 17.0. The molecule has 3 aromatic rings. The number of nitrogens with two attached hydrogens (primary N) is 1. The van der Waals surface area contributed by atoms with Crippen LogP contribution in [0.5, 0.6) is 0 Å². The number of nitrogens with zero attached hydrogens (tertiary/aromatic N) is 2. The molecule has 28 heavy (non-hydrogen) atoms. The van der Waals surface area contributed by atoms with Gasteiger partial charge in [0.2, 0.25) is 11.1 Å². The number of aryl methyl sites for hydroxylation is 2. The van der Waals surface area contributed by atoms with Crippen molar-refractivity contribution >= 4 is 34.4 Å². The molecule has 2 aromatic carbocycles. The van der Waals surface area contributed by atoms with E-state index in [1.807, 2.05) is 12.1 Å². The van der Waals surface area contributed by atoms with Crippen LogP contribution in [-0.2, 0) is 36.7 Å². The summed E-state index contributed by atoms with van der Waals surface area (Å²) >= 11 is 1.46. The number of benzene rings is 2. The molecule has 0 spiro atoms. The Hall–Kier alpha value is -2.16. The fraction of sp³-hybridized carbons (Fsp3) is 0.300. The summed E-state index contributed by atoms with van der Waals surface area (Å²) in [7, 11) is -1.46. The fourth-order valence-electron chi connectivity index (χ4n) is 4.18. The number of hydrogen-bond acceptors (Lipinski definition) is 5. The predicted octanol–water partition coefficient (Wildman–Crippen LogP) is 3.66. The van der Waals surface area contributed by atoms with E-state index in [2.05, 4.69) is 26.6 Å². The second-order valence-corrected chi connectivity index (χ2v) is 9.30. The summed E-state index contributed by atoms with van der Waals surface area (Å²) in [5.74, 6) is 0.677. The monoisotopic (exact) mass is 411 g/mol. The van der Waals surface area contributed by atoms with Crippen molar-refractivity contribution in [1.82, 2.24) is 15.2 Å². The summed E-state index contributed by atoms with van der Waals surface area (Å²) in [4.78, 5) is 6.19. The molecule has 1 unspecified atom stereocenters. The van der Waals surface area contributed by atoms with E-state index in [-0.39, 0.29) is 0 Å². The van der Waals surface area contributed by atoms with Crippen molar-refractivity contribution < 1.29 is 4.21 Å². The minimum atomic E-state index is -1.46. The van der Waals surface area contributed by atoms with Gasteiger partial charge in [0.05, 0.1) is 4.90 Å². The lowest BCUT2D eigenvalue weighted by Crippen LogP contribution is -2.02. The van der Waals surface area contributed by atoms with Gasteiger partial charge in [-0.3, -0.25) is 0 Å². The van der Waals surface area contributed by atoms with Crippen LogP contribution in [0.3, 0.4) is 0 Å². The number of aromatic nitrogens is 3. The maximum atomic E-state index is 11.3. The molecule has 0 amide bonds. The molecule has 1 aromatic heterocycles. The summed E-state index contributed by atoms with van der Waals surface area (Å²) in [6, 6.07) is 9.72. The van der Waals surface area contributed by atoms with E-state index >= 15 is 0 Å². The normalized spacial score (nSPS) is 16.0. The highest BCUT2D eigenvalue weighted by atomic mass is 32.2. The average molecular weight is 412 g/mol. The highest BCUT2D eigenvalue weighted by Crippen LogP contribution is 2.39. The maximum absolute atomic E-state index is 11.3. The predicted molar refractivity (Wildman–Crippen MR) is 111 cm³/mol. The molecule has 4 N–H and O–H groups in total. The molecule has 8 heteroatoms. The van der Waals surface area contributed by atoms with E-state index in [0.29, 0.717) is 16.0 Å². The maximum Gasteiger partial charge on any atom is 0.224 e. The van der Waals surface area contributed by atoms with E-state index in [9.17, 15) is 4.21 Å². The second kappa shape index (κ2) is 7.35. The summed E-state index contributed by atoms with van der Waals surface area (Å²) in [5, 5.41) is 16.9. The molecule has 0 fully saturated rings. The number of fused-ring (bicyclic) bond motifs is 2. The van der Waals surface area contributed by atoms with Crippen molar-refractivity contribution in [3.8, 4) is 0 Å². The molecule has 144 valence electrons. The molecule has 5 rings (SSSR count). The molecule has 2 aliphatic carbocycles. The third kappa shape index (κ3) is 3.36. The first-order valence-corrected chi connectivity index (χ1v) is 11.5. The van der Waals surface area contributed by atoms with Crippen LogP contribution in [0, 0.1) is 0 Å². The SMILES string of the molecule is NS(=O)c1ccc(Sc2n[nH]c(Nc3c4c(cc5c3CCC5)CCC4)n2)cc1. The third-order valence-electron chi connectivity index (χ3n) is 5.45. The number of rotatable bonds is 5. The first-order valence-electron chi connectivity index (χ1n) is 9.47. The Morgan fingerprint density at radius 3 is 2.36 bits per heavy atom. The lowest BCUT2D eigenvalue weighted by atomic mass is 9.99. The van der Waals surface area contributed by atoms with Crippen molar-refractivity contribution in [2.45, 2.75) is 53.5 Å². The molecule has 0 saturated heterocycles. The number of hydrogen-bond donors (Lipinski definition) is 3. The number of anilines is 2. The Balaban J connectivity index is 1.37. The smallest absolute Gasteiger partial charge is 0.224 e. The number of aromatic amines is 1. The average Bonchev–Trinajstić information content (AvgIpc) is 3.42. The van der Waals surface area contributed by atoms with Crippen LogP contribution in [0.25, 0.3) is 0 Å². The van der Waals surface area contributed by atoms with Crippen LogP contribution in [0.2, 0.25) is 0 Å². The zero-order valence-electron chi connectivity index (χ0n) is 15.3. The summed E-state index contributed by atoms with van der Waals surface area (Å²) in [6.45, 7) is 0. The molecular formula is C20H21N5OS2. The minimum absolute atomic E-state index is 0.605. The highest BCUT2D eigenvalue weighted by molar-refractivity contribution is 7.99. The van der Waals surface area contributed by atoms with Crippen molar-refractivity contribution in [3.63, 3.8) is 0 Å². The van der Waals surface area contributed by atoms with Gasteiger partial charge >= 0.3 is 0 Å². The van der Waals surface area contributed by atoms with E-state index in [0.717, 1.165) is 17.7 Å².